The van der Waals surface area contributed by atoms with Gasteiger partial charge in [0.15, 0.2) is 6.21 Å². The number of nitro benzene ring substituents is 1. The largest absolute Gasteiger partial charge is 0.623 e. The molecule has 0 aliphatic heterocycles. The van der Waals surface area contributed by atoms with Crippen LogP contribution in [0.5, 0.6) is 0 Å². The molecule has 0 N–H and O–H groups in total. The van der Waals surface area contributed by atoms with E-state index in [9.17, 15) is 19.9 Å². The van der Waals surface area contributed by atoms with Crippen LogP contribution in [-0.2, 0) is 13.6 Å². The lowest BCUT2D eigenvalue weighted by Gasteiger charge is -2.30. The molecule has 8 nitrogen and oxygen atoms in total. The van der Waals surface area contributed by atoms with Crippen molar-refractivity contribution in [1.29, 1.82) is 0 Å². The Morgan fingerprint density at radius 1 is 1.22 bits per heavy atom. The van der Waals surface area contributed by atoms with E-state index in [1.54, 1.807) is 19.9 Å². The topological polar surface area (TPSA) is 105 Å². The molecule has 0 unspecified atom stereocenters. The minimum atomic E-state index is -3.70. The Morgan fingerprint density at radius 2 is 1.78 bits per heavy atom. The molecule has 0 radical (unpaired) electrons. The molecular weight excluding hydrogens is 323 g/mol. The Balaban J connectivity index is 3.23. The molecule has 0 fully saturated rings. The lowest BCUT2D eigenvalue weighted by atomic mass is 10.2. The molecule has 0 saturated heterocycles. The summed E-state index contributed by atoms with van der Waals surface area (Å²) in [6, 6.07) is 5.59. The summed E-state index contributed by atoms with van der Waals surface area (Å²) < 4.78 is 23.7. The first-order chi connectivity index (χ1) is 10.7. The Kier molecular flexibility index (Phi) is 6.44. The summed E-state index contributed by atoms with van der Waals surface area (Å²) in [5, 5.41) is 21.8. The van der Waals surface area contributed by atoms with Gasteiger partial charge in [0.05, 0.1) is 18.1 Å². The molecule has 1 aromatic rings. The van der Waals surface area contributed by atoms with E-state index in [1.165, 1.54) is 32.0 Å². The van der Waals surface area contributed by atoms with Crippen LogP contribution in [-0.4, -0.2) is 34.4 Å². The first kappa shape index (κ1) is 19.3. The lowest BCUT2D eigenvalue weighted by molar-refractivity contribution is -0.510. The third-order valence-electron chi connectivity index (χ3n) is 3.16. The first-order valence-electron chi connectivity index (χ1n) is 7.13. The smallest absolute Gasteiger partial charge is 0.401 e. The van der Waals surface area contributed by atoms with E-state index in [1.807, 2.05) is 0 Å². The maximum atomic E-state index is 12.8. The van der Waals surface area contributed by atoms with Gasteiger partial charge in [0.1, 0.15) is 0 Å². The molecule has 128 valence electrons. The summed E-state index contributed by atoms with van der Waals surface area (Å²) in [6.45, 7) is 6.46. The molecule has 0 aromatic heterocycles. The third-order valence-corrected chi connectivity index (χ3v) is 5.89. The van der Waals surface area contributed by atoms with Crippen LogP contribution in [0.15, 0.2) is 24.3 Å². The average molecular weight is 344 g/mol. The number of hydrogen-bond acceptors (Lipinski definition) is 6. The van der Waals surface area contributed by atoms with Gasteiger partial charge < -0.3 is 14.3 Å². The second kappa shape index (κ2) is 7.68. The van der Waals surface area contributed by atoms with Crippen molar-refractivity contribution in [2.75, 3.05) is 13.2 Å². The van der Waals surface area contributed by atoms with Crippen LogP contribution in [0.3, 0.4) is 0 Å². The van der Waals surface area contributed by atoms with Gasteiger partial charge in [-0.2, -0.15) is 4.74 Å². The normalized spacial score (nSPS) is 13.1. The Hall–Kier alpha value is -1.76. The minimum Gasteiger partial charge on any atom is -0.623 e. The zero-order valence-corrected chi connectivity index (χ0v) is 14.5. The number of rotatable bonds is 8. The predicted molar refractivity (Wildman–Crippen MR) is 86.8 cm³/mol. The van der Waals surface area contributed by atoms with Gasteiger partial charge in [-0.25, -0.2) is 0 Å². The fourth-order valence-electron chi connectivity index (χ4n) is 1.83. The molecule has 0 aliphatic rings. The van der Waals surface area contributed by atoms with E-state index < -0.39 is 17.8 Å². The van der Waals surface area contributed by atoms with Crippen molar-refractivity contribution in [2.45, 2.75) is 33.0 Å². The summed E-state index contributed by atoms with van der Waals surface area (Å²) in [5.41, 5.74) is 0.185. The zero-order valence-electron chi connectivity index (χ0n) is 13.6. The van der Waals surface area contributed by atoms with Gasteiger partial charge in [0.2, 0.25) is 0 Å². The van der Waals surface area contributed by atoms with Crippen LogP contribution in [0.4, 0.5) is 5.69 Å². The molecule has 0 atom stereocenters. The molecule has 23 heavy (non-hydrogen) atoms. The van der Waals surface area contributed by atoms with Crippen molar-refractivity contribution in [1.82, 2.24) is 0 Å². The molecular formula is C14H21N2O6P. The third kappa shape index (κ3) is 4.37. The molecule has 0 bridgehead atoms. The lowest BCUT2D eigenvalue weighted by Crippen LogP contribution is -2.35. The fourth-order valence-corrected chi connectivity index (χ4v) is 3.51. The highest BCUT2D eigenvalue weighted by molar-refractivity contribution is 7.55. The number of nitro groups is 1. The quantitative estimate of drug-likeness (QED) is 0.178. The predicted octanol–water partition coefficient (Wildman–Crippen LogP) is 3.53. The highest BCUT2D eigenvalue weighted by atomic mass is 31.2. The van der Waals surface area contributed by atoms with Gasteiger partial charge in [-0.15, -0.1) is 0 Å². The van der Waals surface area contributed by atoms with Crippen LogP contribution in [0, 0.1) is 15.3 Å². The van der Waals surface area contributed by atoms with Gasteiger partial charge in [0.25, 0.3) is 11.0 Å². The van der Waals surface area contributed by atoms with Crippen molar-refractivity contribution in [2.24, 2.45) is 0 Å². The highest BCUT2D eigenvalue weighted by Crippen LogP contribution is 2.59. The van der Waals surface area contributed by atoms with Crippen LogP contribution < -0.4 is 0 Å². The molecule has 0 amide bonds. The molecule has 9 heteroatoms. The maximum absolute atomic E-state index is 12.8. The second-order valence-electron chi connectivity index (χ2n) is 5.13. The molecule has 0 spiro atoms. The fraction of sp³-hybridized carbons (Fsp3) is 0.500. The van der Waals surface area contributed by atoms with Crippen molar-refractivity contribution < 1.29 is 23.3 Å². The number of hydrogen-bond donors (Lipinski definition) is 0. The van der Waals surface area contributed by atoms with E-state index in [0.717, 1.165) is 6.21 Å². The Bertz CT molecular complexity index is 634. The van der Waals surface area contributed by atoms with Gasteiger partial charge >= 0.3 is 7.60 Å². The average Bonchev–Trinajstić information content (AvgIpc) is 2.47. The van der Waals surface area contributed by atoms with Crippen molar-refractivity contribution in [3.05, 3.63) is 45.2 Å². The number of non-ortho nitro benzene ring substituents is 1. The first-order valence-corrected chi connectivity index (χ1v) is 8.67. The van der Waals surface area contributed by atoms with Crippen molar-refractivity contribution in [3.8, 4) is 0 Å². The summed E-state index contributed by atoms with van der Waals surface area (Å²) in [5.74, 6) is 0. The van der Waals surface area contributed by atoms with Crippen molar-refractivity contribution >= 4 is 19.5 Å². The summed E-state index contributed by atoms with van der Waals surface area (Å²) in [6.07, 6.45) is 1.14. The highest BCUT2D eigenvalue weighted by Gasteiger charge is 2.51. The second-order valence-corrected chi connectivity index (χ2v) is 7.74. The van der Waals surface area contributed by atoms with E-state index >= 15 is 0 Å². The Morgan fingerprint density at radius 3 is 2.26 bits per heavy atom. The van der Waals surface area contributed by atoms with Crippen LogP contribution in [0.2, 0.25) is 0 Å². The van der Waals surface area contributed by atoms with Gasteiger partial charge in [-0.3, -0.25) is 14.7 Å². The van der Waals surface area contributed by atoms with Gasteiger partial charge in [-0.05, 0) is 19.9 Å². The molecule has 0 heterocycles. The molecule has 0 aliphatic carbocycles. The number of benzene rings is 1. The Labute approximate surface area is 135 Å². The zero-order chi connectivity index (χ0) is 17.7. The minimum absolute atomic E-state index is 0.130. The maximum Gasteiger partial charge on any atom is 0.401 e. The number of nitrogens with zero attached hydrogens (tertiary/aromatic N) is 2. The van der Waals surface area contributed by atoms with Crippen molar-refractivity contribution in [3.63, 3.8) is 0 Å². The summed E-state index contributed by atoms with van der Waals surface area (Å²) in [7, 11) is -3.70. The van der Waals surface area contributed by atoms with Gasteiger partial charge in [0, 0.05) is 31.5 Å². The van der Waals surface area contributed by atoms with Crippen LogP contribution in [0.1, 0.15) is 33.3 Å². The van der Waals surface area contributed by atoms with E-state index in [0.29, 0.717) is 10.3 Å². The van der Waals surface area contributed by atoms with Crippen LogP contribution in [0.25, 0.3) is 0 Å². The number of hydroxylamine groups is 1. The standard InChI is InChI=1S/C14H21N2O6P/c1-5-21-23(20,22-6-2)14(3,4)15(17)11-12-8-7-9-13(10-12)16(18)19/h7-11H,5-6H2,1-4H3/b15-11-. The molecule has 0 saturated carbocycles. The van der Waals surface area contributed by atoms with E-state index in [2.05, 4.69) is 0 Å². The molecule has 1 rings (SSSR count). The summed E-state index contributed by atoms with van der Waals surface area (Å²) in [4.78, 5) is 10.2. The van der Waals surface area contributed by atoms with Gasteiger partial charge in [-0.1, -0.05) is 6.07 Å². The molecule has 1 aromatic carbocycles. The van der Waals surface area contributed by atoms with Crippen LogP contribution >= 0.6 is 7.60 Å². The monoisotopic (exact) mass is 344 g/mol. The van der Waals surface area contributed by atoms with E-state index in [4.69, 9.17) is 9.05 Å². The SMILES string of the molecule is CCOP(=O)(OCC)C(C)(C)/[N+]([O-])=C/c1cccc([N+](=O)[O-])c1. The summed E-state index contributed by atoms with van der Waals surface area (Å²) >= 11 is 0. The van der Waals surface area contributed by atoms with E-state index in [-0.39, 0.29) is 18.9 Å².